The van der Waals surface area contributed by atoms with Crippen molar-refractivity contribution in [2.75, 3.05) is 27.7 Å². The second-order valence-corrected chi connectivity index (χ2v) is 16.5. The summed E-state index contributed by atoms with van der Waals surface area (Å²) in [6.07, 6.45) is -0.644. The van der Waals surface area contributed by atoms with Crippen LogP contribution in [0.25, 0.3) is 11.3 Å². The van der Waals surface area contributed by atoms with Crippen molar-refractivity contribution in [2.45, 2.75) is 135 Å². The Kier molecular flexibility index (Phi) is 14.2. The first-order valence-electron chi connectivity index (χ1n) is 20.0. The Morgan fingerprint density at radius 3 is 2.32 bits per heavy atom. The molecule has 56 heavy (non-hydrogen) atoms. The van der Waals surface area contributed by atoms with E-state index in [2.05, 4.69) is 4.98 Å². The van der Waals surface area contributed by atoms with E-state index < -0.39 is 83.9 Å². The average Bonchev–Trinajstić information content (AvgIpc) is 3.79. The molecule has 1 unspecified atom stereocenters. The normalized spacial score (nSPS) is 36.2. The third-order valence-electron chi connectivity index (χ3n) is 12.2. The van der Waals surface area contributed by atoms with Gasteiger partial charge in [-0.1, -0.05) is 58.0 Å². The van der Waals surface area contributed by atoms with Crippen molar-refractivity contribution in [2.24, 2.45) is 23.7 Å². The third-order valence-corrected chi connectivity index (χ3v) is 12.2. The van der Waals surface area contributed by atoms with Gasteiger partial charge in [0, 0.05) is 55.8 Å². The molecule has 14 heteroatoms. The Morgan fingerprint density at radius 1 is 0.982 bits per heavy atom. The molecule has 0 aliphatic carbocycles. The van der Waals surface area contributed by atoms with Crippen LogP contribution in [0.4, 0.5) is 4.79 Å². The van der Waals surface area contributed by atoms with Crippen LogP contribution in [-0.4, -0.2) is 130 Å². The summed E-state index contributed by atoms with van der Waals surface area (Å²) in [5, 5.41) is 11.4. The minimum Gasteiger partial charge on any atom is -0.458 e. The number of fused-ring (bicyclic) bond motifs is 1. The summed E-state index contributed by atoms with van der Waals surface area (Å²) in [6.45, 7) is 13.1. The lowest BCUT2D eigenvalue weighted by Gasteiger charge is -2.47. The molecular formula is C42H62N4O10. The van der Waals surface area contributed by atoms with E-state index in [4.69, 9.17) is 23.7 Å². The van der Waals surface area contributed by atoms with Crippen LogP contribution in [0.15, 0.2) is 42.9 Å². The molecule has 3 aliphatic rings. The van der Waals surface area contributed by atoms with Crippen LogP contribution in [0, 0.1) is 23.7 Å². The number of aliphatic hydroxyl groups excluding tert-OH is 1. The molecule has 3 saturated heterocycles. The number of ketones is 2. The molecule has 13 atom stereocenters. The molecule has 3 aliphatic heterocycles. The smallest absolute Gasteiger partial charge is 0.410 e. The molecule has 0 radical (unpaired) electrons. The summed E-state index contributed by atoms with van der Waals surface area (Å²) in [7, 11) is 5.24. The molecule has 0 saturated carbocycles. The van der Waals surface area contributed by atoms with Gasteiger partial charge in [0.05, 0.1) is 35.9 Å². The summed E-state index contributed by atoms with van der Waals surface area (Å²) in [6, 6.07) is 8.83. The maximum atomic E-state index is 14.6. The summed E-state index contributed by atoms with van der Waals surface area (Å²) in [5.41, 5.74) is 0.579. The number of hydrogen-bond donors (Lipinski definition) is 1. The topological polar surface area (TPSA) is 159 Å². The largest absolute Gasteiger partial charge is 0.458 e. The highest BCUT2D eigenvalue weighted by atomic mass is 16.7. The molecule has 0 bridgehead atoms. The first kappa shape index (κ1) is 43.4. The van der Waals surface area contributed by atoms with Crippen molar-refractivity contribution in [3.05, 3.63) is 42.9 Å². The second-order valence-electron chi connectivity index (χ2n) is 16.5. The molecule has 4 heterocycles. The van der Waals surface area contributed by atoms with Gasteiger partial charge in [0.15, 0.2) is 18.2 Å². The van der Waals surface area contributed by atoms with Gasteiger partial charge in [-0.15, -0.1) is 0 Å². The highest BCUT2D eigenvalue weighted by Gasteiger charge is 2.54. The zero-order valence-electron chi connectivity index (χ0n) is 34.6. The van der Waals surface area contributed by atoms with Gasteiger partial charge in [-0.2, -0.15) is 0 Å². The number of nitrogens with zero attached hydrogens (tertiary/aromatic N) is 4. The molecule has 1 amide bonds. The molecule has 2 aromatic rings. The van der Waals surface area contributed by atoms with Gasteiger partial charge in [-0.3, -0.25) is 14.4 Å². The van der Waals surface area contributed by atoms with E-state index in [0.717, 1.165) is 11.3 Å². The number of rotatable bonds is 10. The van der Waals surface area contributed by atoms with Crippen LogP contribution in [0.5, 0.6) is 0 Å². The van der Waals surface area contributed by atoms with Crippen molar-refractivity contribution < 1.29 is 48.0 Å². The van der Waals surface area contributed by atoms with E-state index in [1.807, 2.05) is 80.9 Å². The van der Waals surface area contributed by atoms with E-state index in [9.17, 15) is 24.3 Å². The number of benzene rings is 1. The van der Waals surface area contributed by atoms with Crippen molar-refractivity contribution in [1.29, 1.82) is 0 Å². The van der Waals surface area contributed by atoms with Crippen LogP contribution in [-0.2, 0) is 44.6 Å². The Labute approximate surface area is 331 Å². The predicted molar refractivity (Wildman–Crippen MR) is 207 cm³/mol. The number of ether oxygens (including phenoxy) is 5. The molecule has 14 nitrogen and oxygen atoms in total. The molecule has 310 valence electrons. The zero-order chi connectivity index (χ0) is 41.1. The fourth-order valence-electron chi connectivity index (χ4n) is 8.83. The van der Waals surface area contributed by atoms with Crippen LogP contribution in [0.3, 0.4) is 0 Å². The van der Waals surface area contributed by atoms with Crippen LogP contribution in [0.1, 0.15) is 74.1 Å². The highest BCUT2D eigenvalue weighted by molar-refractivity contribution is 6.00. The first-order chi connectivity index (χ1) is 26.5. The van der Waals surface area contributed by atoms with Gasteiger partial charge < -0.3 is 43.2 Å². The van der Waals surface area contributed by atoms with Crippen molar-refractivity contribution in [3.63, 3.8) is 0 Å². The number of aryl methyl sites for hydroxylation is 1. The molecular weight excluding hydrogens is 720 g/mol. The number of imidazole rings is 1. The zero-order valence-corrected chi connectivity index (χ0v) is 34.6. The Bertz CT molecular complexity index is 1670. The summed E-state index contributed by atoms with van der Waals surface area (Å²) >= 11 is 0. The SMILES string of the molecule is CC[C@H]1OC(=O)[C@H](C)C(=O)[C@H](C)[C@@H](OC2O[C@H](C)C[C@H](N(C)C)[C@H]2O)[C@@](C)(OC)C[C@@H](C)C(=O)[C@H](C)[C@@H]2[C@@H]1OC(=O)N2CCCn1cnc(-c2ccccc2)c1. The number of carbonyl (C=O) groups is 4. The summed E-state index contributed by atoms with van der Waals surface area (Å²) in [5.74, 6) is -4.87. The number of esters is 1. The van der Waals surface area contributed by atoms with Gasteiger partial charge in [-0.05, 0) is 60.5 Å². The quantitative estimate of drug-likeness (QED) is 0.261. The number of carbonyl (C=O) groups excluding carboxylic acids is 4. The second kappa shape index (κ2) is 18.3. The van der Waals surface area contributed by atoms with E-state index in [-0.39, 0.29) is 37.3 Å². The molecule has 1 N–H and O–H groups in total. The lowest BCUT2D eigenvalue weighted by Crippen LogP contribution is -2.59. The third kappa shape index (κ3) is 9.20. The summed E-state index contributed by atoms with van der Waals surface area (Å²) < 4.78 is 32.8. The minimum atomic E-state index is -1.26. The van der Waals surface area contributed by atoms with Gasteiger partial charge >= 0.3 is 12.1 Å². The first-order valence-corrected chi connectivity index (χ1v) is 20.0. The van der Waals surface area contributed by atoms with Crippen molar-refractivity contribution in [1.82, 2.24) is 19.4 Å². The maximum absolute atomic E-state index is 14.6. The predicted octanol–water partition coefficient (Wildman–Crippen LogP) is 4.75. The van der Waals surface area contributed by atoms with Gasteiger partial charge in [0.2, 0.25) is 0 Å². The number of amides is 1. The lowest BCUT2D eigenvalue weighted by atomic mass is 9.75. The molecule has 1 aromatic carbocycles. The van der Waals surface area contributed by atoms with E-state index in [1.54, 1.807) is 32.0 Å². The monoisotopic (exact) mass is 782 g/mol. The van der Waals surface area contributed by atoms with Gasteiger partial charge in [0.1, 0.15) is 23.9 Å². The minimum absolute atomic E-state index is 0.136. The van der Waals surface area contributed by atoms with Crippen molar-refractivity contribution in [3.8, 4) is 11.3 Å². The molecule has 1 aromatic heterocycles. The van der Waals surface area contributed by atoms with Gasteiger partial charge in [-0.25, -0.2) is 9.78 Å². The number of hydrogen-bond acceptors (Lipinski definition) is 12. The number of likely N-dealkylation sites (N-methyl/N-ethyl adjacent to an activating group) is 1. The fraction of sp³-hybridized carbons (Fsp3) is 0.690. The highest BCUT2D eigenvalue weighted by Crippen LogP contribution is 2.39. The number of Topliss-reactive ketones (excluding diaryl/α,β-unsaturated/α-hetero) is 2. The molecule has 3 fully saturated rings. The van der Waals surface area contributed by atoms with E-state index in [0.29, 0.717) is 19.4 Å². The number of aromatic nitrogens is 2. The van der Waals surface area contributed by atoms with E-state index >= 15 is 0 Å². The number of aliphatic hydroxyl groups is 1. The Hall–Kier alpha value is -3.69. The molecule has 0 spiro atoms. The van der Waals surface area contributed by atoms with Crippen LogP contribution < -0.4 is 0 Å². The van der Waals surface area contributed by atoms with E-state index in [1.165, 1.54) is 14.0 Å². The maximum Gasteiger partial charge on any atom is 0.410 e. The Balaban J connectivity index is 1.44. The standard InChI is InChI=1S/C42H62N4O10/c1-11-32-37-33(46(41(51)55-37)19-15-18-45-22-30(43-23-45)29-16-13-12-14-17-29)26(4)34(47)24(2)21-42(7,52-10)38(27(5)35(48)28(6)39(50)54-32)56-40-36(49)31(44(8)9)20-25(3)53-40/h12-14,16-17,22-28,31-33,36-38,40,49H,11,15,18-21H2,1-10H3/t24-,25-,26-,27+,28-,31+,32-,33-,36-,37-,38-,40?,42+/m1/s1. The Morgan fingerprint density at radius 2 is 1.68 bits per heavy atom. The van der Waals surface area contributed by atoms with Gasteiger partial charge in [0.25, 0.3) is 0 Å². The van der Waals surface area contributed by atoms with Crippen LogP contribution in [0.2, 0.25) is 0 Å². The molecule has 5 rings (SSSR count). The number of methoxy groups -OCH3 is 1. The van der Waals surface area contributed by atoms with Crippen molar-refractivity contribution >= 4 is 23.6 Å². The van der Waals surface area contributed by atoms with Crippen LogP contribution >= 0.6 is 0 Å². The summed E-state index contributed by atoms with van der Waals surface area (Å²) in [4.78, 5) is 64.3. The average molecular weight is 783 g/mol. The fourth-order valence-corrected chi connectivity index (χ4v) is 8.83. The lowest BCUT2D eigenvalue weighted by molar-refractivity contribution is -0.295. The number of cyclic esters (lactones) is 1.